The zero-order valence-electron chi connectivity index (χ0n) is 15.4. The Hall–Kier alpha value is -1.32. The van der Waals surface area contributed by atoms with E-state index in [1.165, 1.54) is 48.2 Å². The minimum Gasteiger partial charge on any atom is -1.00 e. The first-order valence-electron chi connectivity index (χ1n) is 9.43. The van der Waals surface area contributed by atoms with Crippen LogP contribution >= 0.6 is 0 Å². The first kappa shape index (κ1) is 18.5. The number of nitrogens with zero attached hydrogens (tertiary/aromatic N) is 2. The molecule has 2 nitrogen and oxygen atoms in total. The molecule has 134 valence electrons. The number of likely N-dealkylation sites (N-methyl/N-ethyl adjacent to an activating group) is 1. The lowest BCUT2D eigenvalue weighted by molar-refractivity contribution is -0.915. The second kappa shape index (κ2) is 7.51. The lowest BCUT2D eigenvalue weighted by atomic mass is 9.87. The van der Waals surface area contributed by atoms with E-state index in [1.807, 2.05) is 0 Å². The molecule has 0 aliphatic carbocycles. The van der Waals surface area contributed by atoms with Crippen molar-refractivity contribution in [3.05, 3.63) is 65.7 Å². The normalized spacial score (nSPS) is 27.4. The van der Waals surface area contributed by atoms with Gasteiger partial charge in [-0.1, -0.05) is 55.5 Å². The summed E-state index contributed by atoms with van der Waals surface area (Å²) in [4.78, 5) is 2.69. The van der Waals surface area contributed by atoms with Crippen LogP contribution in [-0.4, -0.2) is 37.2 Å². The number of benzene rings is 2. The van der Waals surface area contributed by atoms with E-state index in [0.29, 0.717) is 12.0 Å². The first-order valence-corrected chi connectivity index (χ1v) is 9.43. The molecule has 0 aromatic heterocycles. The summed E-state index contributed by atoms with van der Waals surface area (Å²) in [7, 11) is 2.46. The number of likely N-dealkylation sites (tertiary alicyclic amines) is 1. The molecular weight excluding hydrogens is 372 g/mol. The molecule has 2 aromatic carbocycles. The van der Waals surface area contributed by atoms with Gasteiger partial charge in [-0.2, -0.15) is 0 Å². The van der Waals surface area contributed by atoms with Crippen molar-refractivity contribution < 1.29 is 21.5 Å². The number of hydrogen-bond acceptors (Lipinski definition) is 1. The van der Waals surface area contributed by atoms with Crippen LogP contribution in [0.25, 0.3) is 0 Å². The van der Waals surface area contributed by atoms with E-state index < -0.39 is 0 Å². The highest BCUT2D eigenvalue weighted by molar-refractivity contribution is 5.62. The van der Waals surface area contributed by atoms with Crippen LogP contribution in [0.1, 0.15) is 36.8 Å². The smallest absolute Gasteiger partial charge is 0.0875 e. The average molecular weight is 401 g/mol. The van der Waals surface area contributed by atoms with Crippen LogP contribution in [0.5, 0.6) is 0 Å². The molecule has 2 heterocycles. The number of hydrogen-bond donors (Lipinski definition) is 0. The maximum absolute atomic E-state index is 2.69. The molecule has 4 rings (SSSR count). The molecule has 0 amide bonds. The molecule has 1 fully saturated rings. The van der Waals surface area contributed by atoms with E-state index in [2.05, 4.69) is 73.5 Å². The summed E-state index contributed by atoms with van der Waals surface area (Å²) in [5, 5.41) is 0. The average Bonchev–Trinajstić information content (AvgIpc) is 2.89. The summed E-state index contributed by atoms with van der Waals surface area (Å²) >= 11 is 0. The number of quaternary nitrogens is 1. The molecule has 2 aromatic rings. The van der Waals surface area contributed by atoms with Crippen molar-refractivity contribution in [2.24, 2.45) is 0 Å². The topological polar surface area (TPSA) is 3.24 Å². The van der Waals surface area contributed by atoms with E-state index >= 15 is 0 Å². The summed E-state index contributed by atoms with van der Waals surface area (Å²) in [6.07, 6.45) is 2.59. The highest BCUT2D eigenvalue weighted by Crippen LogP contribution is 2.46. The Balaban J connectivity index is 0.00000182. The Morgan fingerprint density at radius 2 is 1.76 bits per heavy atom. The fourth-order valence-corrected chi connectivity index (χ4v) is 4.98. The van der Waals surface area contributed by atoms with Gasteiger partial charge in [0.25, 0.3) is 0 Å². The zero-order chi connectivity index (χ0) is 16.6. The Kier molecular flexibility index (Phi) is 5.55. The van der Waals surface area contributed by atoms with Gasteiger partial charge in [0.1, 0.15) is 0 Å². The maximum Gasteiger partial charge on any atom is 0.0875 e. The quantitative estimate of drug-likeness (QED) is 0.701. The molecule has 1 saturated heterocycles. The lowest BCUT2D eigenvalue weighted by Gasteiger charge is -2.44. The van der Waals surface area contributed by atoms with Crippen molar-refractivity contribution in [2.45, 2.75) is 38.3 Å². The molecule has 0 saturated carbocycles. The summed E-state index contributed by atoms with van der Waals surface area (Å²) in [6, 6.07) is 20.8. The van der Waals surface area contributed by atoms with Gasteiger partial charge < -0.3 is 26.4 Å². The van der Waals surface area contributed by atoms with Gasteiger partial charge >= 0.3 is 0 Å². The third kappa shape index (κ3) is 3.50. The van der Waals surface area contributed by atoms with Crippen molar-refractivity contribution in [1.82, 2.24) is 0 Å². The molecule has 2 aliphatic rings. The van der Waals surface area contributed by atoms with Crippen molar-refractivity contribution in [1.29, 1.82) is 0 Å². The Bertz CT molecular complexity index is 702. The number of halogens is 1. The standard InChI is InChI=1S/C22H29N2.BrH/c1-3-14-24(2)15-13-22-20(17-24)19-11-7-8-12-21(19)23(22)16-18-9-5-4-6-10-18;/h4-12,20,22H,3,13-17H2,1-2H3;1H/q+1;/p-1. The zero-order valence-corrected chi connectivity index (χ0v) is 17.0. The highest BCUT2D eigenvalue weighted by Gasteiger charge is 2.46. The fourth-order valence-electron chi connectivity index (χ4n) is 4.98. The number of anilines is 1. The Morgan fingerprint density at radius 1 is 1.04 bits per heavy atom. The van der Waals surface area contributed by atoms with Crippen molar-refractivity contribution in [3.63, 3.8) is 0 Å². The summed E-state index contributed by atoms with van der Waals surface area (Å²) in [5.74, 6) is 0.690. The van der Waals surface area contributed by atoms with Crippen LogP contribution in [0, 0.1) is 0 Å². The second-order valence-electron chi connectivity index (χ2n) is 7.88. The van der Waals surface area contributed by atoms with Crippen LogP contribution < -0.4 is 21.9 Å². The van der Waals surface area contributed by atoms with E-state index in [0.717, 1.165) is 6.54 Å². The largest absolute Gasteiger partial charge is 1.00 e. The van der Waals surface area contributed by atoms with Gasteiger partial charge in [-0.05, 0) is 23.6 Å². The summed E-state index contributed by atoms with van der Waals surface area (Å²) in [6.45, 7) is 7.27. The van der Waals surface area contributed by atoms with Gasteiger partial charge in [-0.3, -0.25) is 0 Å². The van der Waals surface area contributed by atoms with Crippen LogP contribution in [-0.2, 0) is 6.54 Å². The van der Waals surface area contributed by atoms with E-state index in [9.17, 15) is 0 Å². The summed E-state index contributed by atoms with van der Waals surface area (Å²) in [5.41, 5.74) is 4.48. The highest BCUT2D eigenvalue weighted by atomic mass is 79.9. The Labute approximate surface area is 162 Å². The van der Waals surface area contributed by atoms with Gasteiger partial charge in [0.05, 0.1) is 32.6 Å². The monoisotopic (exact) mass is 400 g/mol. The first-order chi connectivity index (χ1) is 11.7. The van der Waals surface area contributed by atoms with Gasteiger partial charge in [-0.15, -0.1) is 0 Å². The van der Waals surface area contributed by atoms with E-state index in [1.54, 1.807) is 5.56 Å². The lowest BCUT2D eigenvalue weighted by Crippen LogP contribution is -3.00. The SMILES string of the molecule is CCC[N+]1(C)CCC2C(C1)c1ccccc1N2Cc1ccccc1.[Br-]. The second-order valence-corrected chi connectivity index (χ2v) is 7.88. The molecule has 2 aliphatic heterocycles. The fraction of sp³-hybridized carbons (Fsp3) is 0.455. The molecule has 3 heteroatoms. The molecule has 3 atom stereocenters. The van der Waals surface area contributed by atoms with Crippen LogP contribution in [0.15, 0.2) is 54.6 Å². The van der Waals surface area contributed by atoms with Crippen LogP contribution in [0.4, 0.5) is 5.69 Å². The molecule has 25 heavy (non-hydrogen) atoms. The number of rotatable bonds is 4. The number of piperidine rings is 1. The molecule has 0 spiro atoms. The third-order valence-corrected chi connectivity index (χ3v) is 6.07. The minimum atomic E-state index is 0. The van der Waals surface area contributed by atoms with Crippen molar-refractivity contribution >= 4 is 5.69 Å². The van der Waals surface area contributed by atoms with Gasteiger partial charge in [0.15, 0.2) is 0 Å². The van der Waals surface area contributed by atoms with Gasteiger partial charge in [0.2, 0.25) is 0 Å². The van der Waals surface area contributed by atoms with Crippen LogP contribution in [0.2, 0.25) is 0 Å². The van der Waals surface area contributed by atoms with E-state index in [4.69, 9.17) is 0 Å². The molecule has 0 bridgehead atoms. The van der Waals surface area contributed by atoms with Gasteiger partial charge in [0, 0.05) is 24.7 Å². The maximum atomic E-state index is 2.69. The van der Waals surface area contributed by atoms with E-state index in [-0.39, 0.29) is 17.0 Å². The molecule has 0 radical (unpaired) electrons. The minimum absolute atomic E-state index is 0. The molecular formula is C22H29BrN2. The van der Waals surface area contributed by atoms with Crippen molar-refractivity contribution in [3.8, 4) is 0 Å². The predicted molar refractivity (Wildman–Crippen MR) is 101 cm³/mol. The van der Waals surface area contributed by atoms with Gasteiger partial charge in [-0.25, -0.2) is 0 Å². The third-order valence-electron chi connectivity index (χ3n) is 6.07. The number of para-hydroxylation sites is 1. The predicted octanol–water partition coefficient (Wildman–Crippen LogP) is 1.42. The van der Waals surface area contributed by atoms with Crippen LogP contribution in [0.3, 0.4) is 0 Å². The molecule has 0 N–H and O–H groups in total. The molecule has 3 unspecified atom stereocenters. The van der Waals surface area contributed by atoms with Crippen molar-refractivity contribution in [2.75, 3.05) is 31.6 Å². The Morgan fingerprint density at radius 3 is 2.52 bits per heavy atom. The number of fused-ring (bicyclic) bond motifs is 3. The summed E-state index contributed by atoms with van der Waals surface area (Å²) < 4.78 is 1.24.